The molecule has 0 spiro atoms. The van der Waals surface area contributed by atoms with Crippen LogP contribution in [0.4, 0.5) is 5.82 Å². The normalized spacial score (nSPS) is 22.8. The van der Waals surface area contributed by atoms with Gasteiger partial charge in [0.15, 0.2) is 0 Å². The Labute approximate surface area is 126 Å². The lowest BCUT2D eigenvalue weighted by atomic mass is 9.71. The first kappa shape index (κ1) is 15.7. The SMILES string of the molecule is CC(C)(C)C1CCC(Nc2cc(CC(=O)O)ncn2)CC1. The molecule has 5 nitrogen and oxygen atoms in total. The molecule has 0 radical (unpaired) electrons. The molecule has 1 saturated carbocycles. The third kappa shape index (κ3) is 4.69. The first-order chi connectivity index (χ1) is 9.84. The molecule has 1 aromatic rings. The van der Waals surface area contributed by atoms with Crippen molar-refractivity contribution in [2.24, 2.45) is 11.3 Å². The molecule has 2 N–H and O–H groups in total. The van der Waals surface area contributed by atoms with Crippen LogP contribution >= 0.6 is 0 Å². The summed E-state index contributed by atoms with van der Waals surface area (Å²) < 4.78 is 0. The van der Waals surface area contributed by atoms with E-state index in [1.165, 1.54) is 19.2 Å². The van der Waals surface area contributed by atoms with Crippen molar-refractivity contribution in [1.82, 2.24) is 9.97 Å². The predicted octanol–water partition coefficient (Wildman–Crippen LogP) is 3.12. The van der Waals surface area contributed by atoms with E-state index in [2.05, 4.69) is 36.1 Å². The quantitative estimate of drug-likeness (QED) is 0.891. The van der Waals surface area contributed by atoms with Gasteiger partial charge in [-0.2, -0.15) is 0 Å². The summed E-state index contributed by atoms with van der Waals surface area (Å²) in [6, 6.07) is 2.17. The Morgan fingerprint density at radius 1 is 1.29 bits per heavy atom. The second kappa shape index (κ2) is 6.41. The minimum absolute atomic E-state index is 0.0615. The van der Waals surface area contributed by atoms with Crippen LogP contribution in [0, 0.1) is 11.3 Å². The first-order valence-corrected chi connectivity index (χ1v) is 7.64. The maximum atomic E-state index is 10.7. The third-order valence-corrected chi connectivity index (χ3v) is 4.36. The highest BCUT2D eigenvalue weighted by Gasteiger charge is 2.29. The zero-order valence-corrected chi connectivity index (χ0v) is 13.1. The van der Waals surface area contributed by atoms with Gasteiger partial charge in [-0.05, 0) is 37.0 Å². The summed E-state index contributed by atoms with van der Waals surface area (Å²) in [5.74, 6) is 0.648. The fraction of sp³-hybridized carbons (Fsp3) is 0.688. The van der Waals surface area contributed by atoms with Crippen molar-refractivity contribution in [3.05, 3.63) is 18.1 Å². The number of hydrogen-bond donors (Lipinski definition) is 2. The van der Waals surface area contributed by atoms with E-state index in [4.69, 9.17) is 5.11 Å². The number of carboxylic acids is 1. The molecular formula is C16H25N3O2. The molecule has 1 heterocycles. The van der Waals surface area contributed by atoms with Crippen molar-refractivity contribution >= 4 is 11.8 Å². The van der Waals surface area contributed by atoms with E-state index in [-0.39, 0.29) is 6.42 Å². The molecule has 1 fully saturated rings. The Morgan fingerprint density at radius 2 is 1.95 bits per heavy atom. The van der Waals surface area contributed by atoms with Crippen molar-refractivity contribution in [3.8, 4) is 0 Å². The van der Waals surface area contributed by atoms with Gasteiger partial charge in [0.1, 0.15) is 12.1 Å². The molecule has 1 aromatic heterocycles. The first-order valence-electron chi connectivity index (χ1n) is 7.64. The summed E-state index contributed by atoms with van der Waals surface area (Å²) in [4.78, 5) is 18.9. The number of rotatable bonds is 4. The van der Waals surface area contributed by atoms with Crippen molar-refractivity contribution in [3.63, 3.8) is 0 Å². The highest BCUT2D eigenvalue weighted by Crippen LogP contribution is 2.38. The van der Waals surface area contributed by atoms with Gasteiger partial charge in [0.05, 0.1) is 12.1 Å². The van der Waals surface area contributed by atoms with Gasteiger partial charge in [-0.15, -0.1) is 0 Å². The number of aromatic nitrogens is 2. The highest BCUT2D eigenvalue weighted by molar-refractivity contribution is 5.69. The summed E-state index contributed by atoms with van der Waals surface area (Å²) in [5.41, 5.74) is 0.928. The Kier molecular flexibility index (Phi) is 4.80. The second-order valence-corrected chi connectivity index (χ2v) is 7.02. The Morgan fingerprint density at radius 3 is 2.52 bits per heavy atom. The van der Waals surface area contributed by atoms with Gasteiger partial charge in [0.25, 0.3) is 0 Å². The topological polar surface area (TPSA) is 75.1 Å². The largest absolute Gasteiger partial charge is 0.481 e. The summed E-state index contributed by atoms with van der Waals surface area (Å²) >= 11 is 0. The van der Waals surface area contributed by atoms with Crippen LogP contribution < -0.4 is 5.32 Å². The third-order valence-electron chi connectivity index (χ3n) is 4.36. The van der Waals surface area contributed by atoms with Gasteiger partial charge in [-0.1, -0.05) is 20.8 Å². The number of carbonyl (C=O) groups is 1. The summed E-state index contributed by atoms with van der Waals surface area (Å²) in [6.45, 7) is 6.94. The number of carboxylic acid groups (broad SMARTS) is 1. The zero-order chi connectivity index (χ0) is 15.5. The molecule has 0 saturated heterocycles. The van der Waals surface area contributed by atoms with E-state index in [1.807, 2.05) is 0 Å². The van der Waals surface area contributed by atoms with Crippen LogP contribution in [0.15, 0.2) is 12.4 Å². The fourth-order valence-electron chi connectivity index (χ4n) is 3.04. The minimum Gasteiger partial charge on any atom is -0.481 e. The van der Waals surface area contributed by atoms with Crippen LogP contribution in [0.3, 0.4) is 0 Å². The number of nitrogens with zero attached hydrogens (tertiary/aromatic N) is 2. The molecule has 0 aliphatic heterocycles. The number of anilines is 1. The lowest BCUT2D eigenvalue weighted by Crippen LogP contribution is -2.31. The Bertz CT molecular complexity index is 489. The smallest absolute Gasteiger partial charge is 0.309 e. The van der Waals surface area contributed by atoms with Gasteiger partial charge in [-0.3, -0.25) is 4.79 Å². The lowest BCUT2D eigenvalue weighted by Gasteiger charge is -2.37. The van der Waals surface area contributed by atoms with E-state index in [0.717, 1.165) is 24.6 Å². The second-order valence-electron chi connectivity index (χ2n) is 7.02. The molecule has 1 aliphatic carbocycles. The molecule has 0 aromatic carbocycles. The van der Waals surface area contributed by atoms with Gasteiger partial charge in [0.2, 0.25) is 0 Å². The van der Waals surface area contributed by atoms with Crippen molar-refractivity contribution in [1.29, 1.82) is 0 Å². The Balaban J connectivity index is 1.90. The van der Waals surface area contributed by atoms with Crippen LogP contribution in [0.1, 0.15) is 52.1 Å². The molecule has 0 bridgehead atoms. The molecule has 0 unspecified atom stereocenters. The van der Waals surface area contributed by atoms with Gasteiger partial charge in [-0.25, -0.2) is 9.97 Å². The molecule has 2 rings (SSSR count). The zero-order valence-electron chi connectivity index (χ0n) is 13.1. The maximum Gasteiger partial charge on any atom is 0.309 e. The number of aliphatic carboxylic acids is 1. The predicted molar refractivity (Wildman–Crippen MR) is 82.2 cm³/mol. The average molecular weight is 291 g/mol. The minimum atomic E-state index is -0.870. The van der Waals surface area contributed by atoms with E-state index in [0.29, 0.717) is 17.2 Å². The average Bonchev–Trinajstić information content (AvgIpc) is 2.38. The molecule has 5 heteroatoms. The van der Waals surface area contributed by atoms with Crippen molar-refractivity contribution < 1.29 is 9.90 Å². The number of hydrogen-bond acceptors (Lipinski definition) is 4. The summed E-state index contributed by atoms with van der Waals surface area (Å²) in [6.07, 6.45) is 6.11. The van der Waals surface area contributed by atoms with E-state index >= 15 is 0 Å². The van der Waals surface area contributed by atoms with Crippen molar-refractivity contribution in [2.75, 3.05) is 5.32 Å². The van der Waals surface area contributed by atoms with Crippen LogP contribution in [-0.2, 0) is 11.2 Å². The molecule has 0 amide bonds. The van der Waals surface area contributed by atoms with Crippen LogP contribution in [0.25, 0.3) is 0 Å². The Hall–Kier alpha value is -1.65. The van der Waals surface area contributed by atoms with Crippen molar-refractivity contribution in [2.45, 2.75) is 58.9 Å². The maximum absolute atomic E-state index is 10.7. The molecular weight excluding hydrogens is 266 g/mol. The molecule has 116 valence electrons. The fourth-order valence-corrected chi connectivity index (χ4v) is 3.04. The van der Waals surface area contributed by atoms with Crippen LogP contribution in [-0.4, -0.2) is 27.1 Å². The van der Waals surface area contributed by atoms with Crippen LogP contribution in [0.2, 0.25) is 0 Å². The van der Waals surface area contributed by atoms with Gasteiger partial charge < -0.3 is 10.4 Å². The summed E-state index contributed by atoms with van der Waals surface area (Å²) in [5, 5.41) is 12.2. The van der Waals surface area contributed by atoms with Gasteiger partial charge in [0, 0.05) is 12.1 Å². The monoisotopic (exact) mass is 291 g/mol. The van der Waals surface area contributed by atoms with E-state index < -0.39 is 5.97 Å². The standard InChI is InChI=1S/C16H25N3O2/c1-16(2,3)11-4-6-12(7-5-11)19-14-8-13(9-15(20)21)17-10-18-14/h8,10-12H,4-7,9H2,1-3H3,(H,20,21)(H,17,18,19). The lowest BCUT2D eigenvalue weighted by molar-refractivity contribution is -0.136. The highest BCUT2D eigenvalue weighted by atomic mass is 16.4. The molecule has 21 heavy (non-hydrogen) atoms. The molecule has 1 aliphatic rings. The number of nitrogens with one attached hydrogen (secondary N) is 1. The van der Waals surface area contributed by atoms with E-state index in [9.17, 15) is 4.79 Å². The van der Waals surface area contributed by atoms with E-state index in [1.54, 1.807) is 6.07 Å². The van der Waals surface area contributed by atoms with Crippen LogP contribution in [0.5, 0.6) is 0 Å². The molecule has 0 atom stereocenters. The van der Waals surface area contributed by atoms with Gasteiger partial charge >= 0.3 is 5.97 Å². The summed E-state index contributed by atoms with van der Waals surface area (Å²) in [7, 11) is 0.